The highest BCUT2D eigenvalue weighted by Crippen LogP contribution is 2.29. The number of halogens is 1. The molecule has 0 atom stereocenters. The molecule has 0 radical (unpaired) electrons. The topological polar surface area (TPSA) is 35.2 Å². The zero-order chi connectivity index (χ0) is 12.0. The first-order valence-corrected chi connectivity index (χ1v) is 6.16. The van der Waals surface area contributed by atoms with Crippen LogP contribution in [0.5, 0.6) is 5.75 Å². The number of ether oxygens (including phenoxy) is 1. The molecule has 0 amide bonds. The third-order valence-electron chi connectivity index (χ3n) is 2.69. The number of hydrogen-bond acceptors (Lipinski definition) is 2. The SMILES string of the molecule is CCc1cc(Cl)cc(CCCCN)c1OC. The molecular weight excluding hydrogens is 222 g/mol. The third kappa shape index (κ3) is 3.39. The normalized spacial score (nSPS) is 10.5. The van der Waals surface area contributed by atoms with E-state index in [0.717, 1.165) is 43.0 Å². The first kappa shape index (κ1) is 13.3. The van der Waals surface area contributed by atoms with E-state index < -0.39 is 0 Å². The van der Waals surface area contributed by atoms with Crippen LogP contribution in [0.1, 0.15) is 30.9 Å². The fraction of sp³-hybridized carbons (Fsp3) is 0.538. The van der Waals surface area contributed by atoms with Crippen molar-refractivity contribution in [3.63, 3.8) is 0 Å². The van der Waals surface area contributed by atoms with E-state index in [0.29, 0.717) is 0 Å². The lowest BCUT2D eigenvalue weighted by atomic mass is 10.0. The van der Waals surface area contributed by atoms with E-state index in [1.54, 1.807) is 7.11 Å². The van der Waals surface area contributed by atoms with Gasteiger partial charge in [-0.25, -0.2) is 0 Å². The van der Waals surface area contributed by atoms with Crippen molar-refractivity contribution in [1.29, 1.82) is 0 Å². The molecule has 0 fully saturated rings. The zero-order valence-corrected chi connectivity index (χ0v) is 10.8. The lowest BCUT2D eigenvalue weighted by molar-refractivity contribution is 0.404. The molecule has 1 aromatic rings. The lowest BCUT2D eigenvalue weighted by Gasteiger charge is -2.13. The molecule has 0 aromatic heterocycles. The predicted octanol–water partition coefficient (Wildman–Crippen LogP) is 3.19. The van der Waals surface area contributed by atoms with Crippen molar-refractivity contribution in [2.45, 2.75) is 32.6 Å². The van der Waals surface area contributed by atoms with Crippen LogP contribution in [0, 0.1) is 0 Å². The first-order valence-electron chi connectivity index (χ1n) is 5.78. The number of hydrogen-bond donors (Lipinski definition) is 1. The molecule has 1 rings (SSSR count). The smallest absolute Gasteiger partial charge is 0.125 e. The highest BCUT2D eigenvalue weighted by molar-refractivity contribution is 6.30. The summed E-state index contributed by atoms with van der Waals surface area (Å²) in [6.45, 7) is 2.85. The fourth-order valence-corrected chi connectivity index (χ4v) is 2.15. The second-order valence-electron chi connectivity index (χ2n) is 3.86. The number of unbranched alkanes of at least 4 members (excludes halogenated alkanes) is 1. The van der Waals surface area contributed by atoms with Crippen molar-refractivity contribution in [2.24, 2.45) is 5.73 Å². The molecule has 0 aliphatic rings. The lowest BCUT2D eigenvalue weighted by Crippen LogP contribution is -2.01. The highest BCUT2D eigenvalue weighted by atomic mass is 35.5. The average molecular weight is 242 g/mol. The summed E-state index contributed by atoms with van der Waals surface area (Å²) in [7, 11) is 1.72. The second kappa shape index (κ2) is 6.77. The Morgan fingerprint density at radius 1 is 1.25 bits per heavy atom. The number of benzene rings is 1. The van der Waals surface area contributed by atoms with E-state index in [1.807, 2.05) is 12.1 Å². The van der Waals surface area contributed by atoms with Crippen molar-refractivity contribution in [3.05, 3.63) is 28.3 Å². The molecule has 16 heavy (non-hydrogen) atoms. The van der Waals surface area contributed by atoms with Crippen LogP contribution in [-0.2, 0) is 12.8 Å². The van der Waals surface area contributed by atoms with Gasteiger partial charge in [-0.3, -0.25) is 0 Å². The minimum absolute atomic E-state index is 0.740. The molecule has 0 bridgehead atoms. The van der Waals surface area contributed by atoms with Gasteiger partial charge in [-0.15, -0.1) is 0 Å². The average Bonchev–Trinajstić information content (AvgIpc) is 2.28. The van der Waals surface area contributed by atoms with Gasteiger partial charge >= 0.3 is 0 Å². The van der Waals surface area contributed by atoms with E-state index in [9.17, 15) is 0 Å². The van der Waals surface area contributed by atoms with Gasteiger partial charge in [0, 0.05) is 5.02 Å². The summed E-state index contributed by atoms with van der Waals surface area (Å²) < 4.78 is 5.46. The van der Waals surface area contributed by atoms with Gasteiger partial charge in [0.15, 0.2) is 0 Å². The van der Waals surface area contributed by atoms with Crippen molar-refractivity contribution in [2.75, 3.05) is 13.7 Å². The van der Waals surface area contributed by atoms with E-state index in [-0.39, 0.29) is 0 Å². The molecule has 0 aliphatic heterocycles. The minimum atomic E-state index is 0.740. The van der Waals surface area contributed by atoms with Gasteiger partial charge < -0.3 is 10.5 Å². The Balaban J connectivity index is 2.91. The number of nitrogens with two attached hydrogens (primary N) is 1. The van der Waals surface area contributed by atoms with Crippen molar-refractivity contribution in [1.82, 2.24) is 0 Å². The van der Waals surface area contributed by atoms with Crippen LogP contribution >= 0.6 is 11.6 Å². The van der Waals surface area contributed by atoms with E-state index in [1.165, 1.54) is 11.1 Å². The molecule has 3 heteroatoms. The van der Waals surface area contributed by atoms with Crippen LogP contribution in [-0.4, -0.2) is 13.7 Å². The summed E-state index contributed by atoms with van der Waals surface area (Å²) in [5.41, 5.74) is 7.87. The first-order chi connectivity index (χ1) is 7.72. The largest absolute Gasteiger partial charge is 0.496 e. The zero-order valence-electron chi connectivity index (χ0n) is 10.1. The summed E-state index contributed by atoms with van der Waals surface area (Å²) in [5.74, 6) is 0.990. The molecule has 90 valence electrons. The Morgan fingerprint density at radius 3 is 2.50 bits per heavy atom. The van der Waals surface area contributed by atoms with E-state index in [2.05, 4.69) is 6.92 Å². The second-order valence-corrected chi connectivity index (χ2v) is 4.29. The summed E-state index contributed by atoms with van der Waals surface area (Å²) in [5, 5.41) is 0.792. The fourth-order valence-electron chi connectivity index (χ4n) is 1.88. The molecule has 2 N–H and O–H groups in total. The van der Waals surface area contributed by atoms with Crippen molar-refractivity contribution >= 4 is 11.6 Å². The van der Waals surface area contributed by atoms with Gasteiger partial charge in [0.05, 0.1) is 7.11 Å². The molecule has 0 spiro atoms. The number of rotatable bonds is 6. The van der Waals surface area contributed by atoms with Gasteiger partial charge in [0.2, 0.25) is 0 Å². The Kier molecular flexibility index (Phi) is 5.64. The maximum Gasteiger partial charge on any atom is 0.125 e. The summed E-state index contributed by atoms with van der Waals surface area (Å²) in [4.78, 5) is 0. The third-order valence-corrected chi connectivity index (χ3v) is 2.91. The van der Waals surface area contributed by atoms with Crippen LogP contribution in [0.4, 0.5) is 0 Å². The van der Waals surface area contributed by atoms with Gasteiger partial charge in [-0.1, -0.05) is 18.5 Å². The highest BCUT2D eigenvalue weighted by Gasteiger charge is 2.09. The maximum atomic E-state index is 6.09. The number of aryl methyl sites for hydroxylation is 2. The van der Waals surface area contributed by atoms with Gasteiger partial charge in [0.1, 0.15) is 5.75 Å². The Bertz CT molecular complexity index is 339. The van der Waals surface area contributed by atoms with Gasteiger partial charge in [-0.05, 0) is 55.5 Å². The standard InChI is InChI=1S/C13H20ClNO/c1-3-10-8-12(14)9-11(13(10)16-2)6-4-5-7-15/h8-9H,3-7,15H2,1-2H3. The monoisotopic (exact) mass is 241 g/mol. The molecule has 0 saturated heterocycles. The Hall–Kier alpha value is -0.730. The maximum absolute atomic E-state index is 6.09. The molecule has 0 unspecified atom stereocenters. The van der Waals surface area contributed by atoms with Gasteiger partial charge in [-0.2, -0.15) is 0 Å². The minimum Gasteiger partial charge on any atom is -0.496 e. The molecular formula is C13H20ClNO. The Labute approximate surface area is 103 Å². The van der Waals surface area contributed by atoms with Gasteiger partial charge in [0.25, 0.3) is 0 Å². The van der Waals surface area contributed by atoms with Crippen molar-refractivity contribution < 1.29 is 4.74 Å². The van der Waals surface area contributed by atoms with Crippen LogP contribution in [0.25, 0.3) is 0 Å². The Morgan fingerprint density at radius 2 is 1.94 bits per heavy atom. The van der Waals surface area contributed by atoms with Crippen molar-refractivity contribution in [3.8, 4) is 5.75 Å². The van der Waals surface area contributed by atoms with Crippen LogP contribution < -0.4 is 10.5 Å². The molecule has 1 aromatic carbocycles. The summed E-state index contributed by atoms with van der Waals surface area (Å²) in [6.07, 6.45) is 4.04. The van der Waals surface area contributed by atoms with Crippen LogP contribution in [0.2, 0.25) is 5.02 Å². The van der Waals surface area contributed by atoms with E-state index in [4.69, 9.17) is 22.1 Å². The molecule has 0 aliphatic carbocycles. The number of methoxy groups -OCH3 is 1. The van der Waals surface area contributed by atoms with E-state index >= 15 is 0 Å². The quantitative estimate of drug-likeness (QED) is 0.777. The molecule has 0 saturated carbocycles. The van der Waals surface area contributed by atoms with Crippen LogP contribution in [0.3, 0.4) is 0 Å². The summed E-state index contributed by atoms with van der Waals surface area (Å²) >= 11 is 6.09. The predicted molar refractivity (Wildman–Crippen MR) is 69.4 cm³/mol. The van der Waals surface area contributed by atoms with Crippen LogP contribution in [0.15, 0.2) is 12.1 Å². The summed E-state index contributed by atoms with van der Waals surface area (Å²) in [6, 6.07) is 3.98. The molecule has 0 heterocycles. The molecule has 2 nitrogen and oxygen atoms in total.